The Morgan fingerprint density at radius 3 is 2.48 bits per heavy atom. The number of hydrogen-bond acceptors (Lipinski definition) is 3. The van der Waals surface area contributed by atoms with Crippen LogP contribution in [0.25, 0.3) is 0 Å². The topological polar surface area (TPSA) is 72.2 Å². The van der Waals surface area contributed by atoms with Gasteiger partial charge in [0.1, 0.15) is 0 Å². The van der Waals surface area contributed by atoms with Crippen molar-refractivity contribution in [3.05, 3.63) is 52.0 Å². The highest BCUT2D eigenvalue weighted by Crippen LogP contribution is 2.24. The third-order valence-corrected chi connectivity index (χ3v) is 5.47. The van der Waals surface area contributed by atoms with E-state index in [9.17, 15) is 8.42 Å². The zero-order valence-electron chi connectivity index (χ0n) is 11.9. The predicted molar refractivity (Wildman–Crippen MR) is 89.9 cm³/mol. The van der Waals surface area contributed by atoms with Gasteiger partial charge in [-0.3, -0.25) is 4.72 Å². The summed E-state index contributed by atoms with van der Waals surface area (Å²) in [6.45, 7) is 3.91. The molecule has 0 aromatic heterocycles. The molecule has 0 heterocycles. The van der Waals surface area contributed by atoms with Crippen LogP contribution in [0.2, 0.25) is 0 Å². The summed E-state index contributed by atoms with van der Waals surface area (Å²) in [4.78, 5) is 0.161. The first-order valence-corrected chi connectivity index (χ1v) is 8.78. The number of hydrogen-bond donors (Lipinski definition) is 2. The molecule has 3 N–H and O–H groups in total. The van der Waals surface area contributed by atoms with Gasteiger partial charge in [-0.2, -0.15) is 0 Å². The summed E-state index contributed by atoms with van der Waals surface area (Å²) >= 11 is 3.39. The molecule has 0 fully saturated rings. The summed E-state index contributed by atoms with van der Waals surface area (Å²) in [5.74, 6) is 0. The summed E-state index contributed by atoms with van der Waals surface area (Å²) in [7, 11) is -3.64. The number of nitrogens with two attached hydrogens (primary N) is 1. The molecule has 2 aromatic carbocycles. The number of nitrogens with one attached hydrogen (secondary N) is 1. The minimum Gasteiger partial charge on any atom is -0.398 e. The van der Waals surface area contributed by atoms with Crippen molar-refractivity contribution < 1.29 is 8.42 Å². The Balaban J connectivity index is 2.33. The highest BCUT2D eigenvalue weighted by Gasteiger charge is 2.15. The lowest BCUT2D eigenvalue weighted by Crippen LogP contribution is -2.13. The summed E-state index contributed by atoms with van der Waals surface area (Å²) in [5, 5.41) is 0. The average Bonchev–Trinajstić information content (AvgIpc) is 2.42. The zero-order valence-corrected chi connectivity index (χ0v) is 14.3. The molecule has 6 heteroatoms. The van der Waals surface area contributed by atoms with Crippen LogP contribution in [0.1, 0.15) is 18.1 Å². The first kappa shape index (κ1) is 15.9. The maximum absolute atomic E-state index is 12.4. The maximum Gasteiger partial charge on any atom is 0.261 e. The minimum atomic E-state index is -3.64. The molecule has 0 amide bonds. The SMILES string of the molecule is CCc1ccc(S(=O)(=O)Nc2ccc(C)c(Br)c2)cc1N. The average molecular weight is 369 g/mol. The van der Waals surface area contributed by atoms with Crippen molar-refractivity contribution in [2.75, 3.05) is 10.5 Å². The molecule has 0 atom stereocenters. The number of halogens is 1. The molecule has 21 heavy (non-hydrogen) atoms. The number of rotatable bonds is 4. The molecule has 0 saturated carbocycles. The second kappa shape index (κ2) is 6.07. The van der Waals surface area contributed by atoms with Crippen molar-refractivity contribution >= 4 is 37.3 Å². The molecule has 0 unspecified atom stereocenters. The molecule has 0 radical (unpaired) electrons. The van der Waals surface area contributed by atoms with Gasteiger partial charge in [0.2, 0.25) is 0 Å². The summed E-state index contributed by atoms with van der Waals surface area (Å²) in [6, 6.07) is 10.1. The molecule has 0 aliphatic carbocycles. The Morgan fingerprint density at radius 1 is 1.19 bits per heavy atom. The van der Waals surface area contributed by atoms with Crippen LogP contribution in [0.15, 0.2) is 45.8 Å². The molecule has 2 rings (SSSR count). The molecule has 0 spiro atoms. The normalized spacial score (nSPS) is 11.4. The van der Waals surface area contributed by atoms with E-state index in [2.05, 4.69) is 20.7 Å². The Kier molecular flexibility index (Phi) is 4.58. The first-order chi connectivity index (χ1) is 9.83. The Hall–Kier alpha value is -1.53. The zero-order chi connectivity index (χ0) is 15.6. The fraction of sp³-hybridized carbons (Fsp3) is 0.200. The number of nitrogen functional groups attached to an aromatic ring is 1. The van der Waals surface area contributed by atoms with Gasteiger partial charge in [0, 0.05) is 15.8 Å². The van der Waals surface area contributed by atoms with E-state index in [-0.39, 0.29) is 4.90 Å². The monoisotopic (exact) mass is 368 g/mol. The van der Waals surface area contributed by atoms with Crippen LogP contribution in [-0.2, 0) is 16.4 Å². The lowest BCUT2D eigenvalue weighted by atomic mass is 10.1. The van der Waals surface area contributed by atoms with Crippen molar-refractivity contribution in [2.45, 2.75) is 25.2 Å². The van der Waals surface area contributed by atoms with Gasteiger partial charge in [-0.15, -0.1) is 0 Å². The van der Waals surface area contributed by atoms with Crippen molar-refractivity contribution in [3.63, 3.8) is 0 Å². The minimum absolute atomic E-state index is 0.161. The standard InChI is InChI=1S/C15H17BrN2O2S/c1-3-11-5-7-13(9-15(11)17)21(19,20)18-12-6-4-10(2)14(16)8-12/h4-9,18H,3,17H2,1-2H3. The maximum atomic E-state index is 12.4. The second-order valence-corrected chi connectivity index (χ2v) is 7.32. The van der Waals surface area contributed by atoms with Gasteiger partial charge in [0.25, 0.3) is 10.0 Å². The molecule has 2 aromatic rings. The predicted octanol–water partition coefficient (Wildman–Crippen LogP) is 3.70. The number of anilines is 2. The van der Waals surface area contributed by atoms with Gasteiger partial charge >= 0.3 is 0 Å². The molecule has 0 saturated heterocycles. The second-order valence-electron chi connectivity index (χ2n) is 4.78. The van der Waals surface area contributed by atoms with Crippen molar-refractivity contribution in [1.29, 1.82) is 0 Å². The van der Waals surface area contributed by atoms with Crippen LogP contribution < -0.4 is 10.5 Å². The number of aryl methyl sites for hydroxylation is 2. The quantitative estimate of drug-likeness (QED) is 0.808. The van der Waals surface area contributed by atoms with E-state index in [0.29, 0.717) is 11.4 Å². The third-order valence-electron chi connectivity index (χ3n) is 3.23. The van der Waals surface area contributed by atoms with Crippen molar-refractivity contribution in [3.8, 4) is 0 Å². The van der Waals surface area contributed by atoms with Gasteiger partial charge in [-0.25, -0.2) is 8.42 Å². The fourth-order valence-electron chi connectivity index (χ4n) is 1.93. The lowest BCUT2D eigenvalue weighted by Gasteiger charge is -2.11. The molecular formula is C15H17BrN2O2S. The van der Waals surface area contributed by atoms with Gasteiger partial charge in [-0.05, 0) is 48.7 Å². The first-order valence-electron chi connectivity index (χ1n) is 6.51. The van der Waals surface area contributed by atoms with E-state index in [1.165, 1.54) is 6.07 Å². The van der Waals surface area contributed by atoms with Crippen molar-refractivity contribution in [2.24, 2.45) is 0 Å². The number of benzene rings is 2. The van der Waals surface area contributed by atoms with E-state index in [1.54, 1.807) is 24.3 Å². The van der Waals surface area contributed by atoms with Crippen LogP contribution in [-0.4, -0.2) is 8.42 Å². The van der Waals surface area contributed by atoms with Gasteiger partial charge < -0.3 is 5.73 Å². The van der Waals surface area contributed by atoms with E-state index in [4.69, 9.17) is 5.73 Å². The van der Waals surface area contributed by atoms with Crippen LogP contribution in [0.5, 0.6) is 0 Å². The Morgan fingerprint density at radius 2 is 1.90 bits per heavy atom. The molecular weight excluding hydrogens is 352 g/mol. The number of sulfonamides is 1. The van der Waals surface area contributed by atoms with Crippen molar-refractivity contribution in [1.82, 2.24) is 0 Å². The van der Waals surface area contributed by atoms with Gasteiger partial charge in [0.15, 0.2) is 0 Å². The highest BCUT2D eigenvalue weighted by atomic mass is 79.9. The fourth-order valence-corrected chi connectivity index (χ4v) is 3.40. The largest absolute Gasteiger partial charge is 0.398 e. The lowest BCUT2D eigenvalue weighted by molar-refractivity contribution is 0.601. The highest BCUT2D eigenvalue weighted by molar-refractivity contribution is 9.10. The molecule has 0 aliphatic rings. The third kappa shape index (κ3) is 3.57. The molecule has 0 bridgehead atoms. The van der Waals surface area contributed by atoms with Crippen LogP contribution in [0.3, 0.4) is 0 Å². The van der Waals surface area contributed by atoms with E-state index in [1.807, 2.05) is 19.9 Å². The summed E-state index contributed by atoms with van der Waals surface area (Å²) in [6.07, 6.45) is 0.768. The summed E-state index contributed by atoms with van der Waals surface area (Å²) < 4.78 is 28.1. The van der Waals surface area contributed by atoms with Gasteiger partial charge in [-0.1, -0.05) is 35.0 Å². The smallest absolute Gasteiger partial charge is 0.261 e. The van der Waals surface area contributed by atoms with E-state index >= 15 is 0 Å². The van der Waals surface area contributed by atoms with Crippen LogP contribution in [0.4, 0.5) is 11.4 Å². The van der Waals surface area contributed by atoms with E-state index < -0.39 is 10.0 Å². The summed E-state index contributed by atoms with van der Waals surface area (Å²) in [5.41, 5.74) is 8.84. The van der Waals surface area contributed by atoms with Crippen LogP contribution >= 0.6 is 15.9 Å². The molecule has 0 aliphatic heterocycles. The molecule has 4 nitrogen and oxygen atoms in total. The Bertz CT molecular complexity index is 773. The van der Waals surface area contributed by atoms with Gasteiger partial charge in [0.05, 0.1) is 4.90 Å². The van der Waals surface area contributed by atoms with E-state index in [0.717, 1.165) is 22.0 Å². The van der Waals surface area contributed by atoms with Crippen LogP contribution in [0, 0.1) is 6.92 Å². The molecule has 112 valence electrons. The Labute approximate surface area is 133 Å².